The molecule has 254 valence electrons. The third-order valence-electron chi connectivity index (χ3n) is 10.5. The lowest BCUT2D eigenvalue weighted by Gasteiger charge is -2.26. The molecule has 10 rings (SSSR count). The van der Waals surface area contributed by atoms with Crippen LogP contribution in [0.2, 0.25) is 0 Å². The molecule has 0 spiro atoms. The molecule has 2 nitrogen and oxygen atoms in total. The van der Waals surface area contributed by atoms with Crippen molar-refractivity contribution in [1.29, 1.82) is 0 Å². The lowest BCUT2D eigenvalue weighted by atomic mass is 9.89. The van der Waals surface area contributed by atoms with E-state index in [-0.39, 0.29) is 0 Å². The summed E-state index contributed by atoms with van der Waals surface area (Å²) in [7, 11) is 0. The topological polar surface area (TPSA) is 16.4 Å². The summed E-state index contributed by atoms with van der Waals surface area (Å²) in [6, 6.07) is 75.8. The Hall–Kier alpha value is -7.16. The maximum Gasteiger partial charge on any atom is 0.136 e. The lowest BCUT2D eigenvalue weighted by molar-refractivity contribution is 0.669. The first kappa shape index (κ1) is 31.6. The monoisotopic (exact) mass is 689 g/mol. The van der Waals surface area contributed by atoms with E-state index in [0.29, 0.717) is 0 Å². The van der Waals surface area contributed by atoms with E-state index in [9.17, 15) is 0 Å². The zero-order chi connectivity index (χ0) is 35.8. The van der Waals surface area contributed by atoms with E-state index >= 15 is 0 Å². The first-order valence-electron chi connectivity index (χ1n) is 18.4. The lowest BCUT2D eigenvalue weighted by Crippen LogP contribution is -2.09. The van der Waals surface area contributed by atoms with Gasteiger partial charge >= 0.3 is 0 Å². The number of hydrogen-bond donors (Lipinski definition) is 0. The van der Waals surface area contributed by atoms with Crippen molar-refractivity contribution in [2.24, 2.45) is 0 Å². The first-order chi connectivity index (χ1) is 26.8. The van der Waals surface area contributed by atoms with Gasteiger partial charge in [0.25, 0.3) is 0 Å². The minimum Gasteiger partial charge on any atom is -0.456 e. The van der Waals surface area contributed by atoms with Crippen molar-refractivity contribution in [3.63, 3.8) is 0 Å². The van der Waals surface area contributed by atoms with Crippen LogP contribution in [0.25, 0.3) is 77.2 Å². The molecule has 10 aromatic rings. The van der Waals surface area contributed by atoms with Gasteiger partial charge in [-0.05, 0) is 110 Å². The molecule has 0 bridgehead atoms. The van der Waals surface area contributed by atoms with E-state index < -0.39 is 0 Å². The number of furan rings is 1. The van der Waals surface area contributed by atoms with Crippen molar-refractivity contribution < 1.29 is 4.42 Å². The number of hydrogen-bond acceptors (Lipinski definition) is 2. The van der Waals surface area contributed by atoms with Crippen molar-refractivity contribution in [3.05, 3.63) is 212 Å². The molecule has 0 amide bonds. The van der Waals surface area contributed by atoms with Crippen molar-refractivity contribution >= 4 is 49.8 Å². The highest BCUT2D eigenvalue weighted by molar-refractivity contribution is 6.09. The van der Waals surface area contributed by atoms with Crippen molar-refractivity contribution in [3.8, 4) is 44.5 Å². The first-order valence-corrected chi connectivity index (χ1v) is 18.4. The Morgan fingerprint density at radius 1 is 0.296 bits per heavy atom. The molecule has 0 saturated heterocycles. The third kappa shape index (κ3) is 5.71. The number of anilines is 3. The summed E-state index contributed by atoms with van der Waals surface area (Å²) in [6.07, 6.45) is 0. The summed E-state index contributed by atoms with van der Waals surface area (Å²) in [6.45, 7) is 0. The Morgan fingerprint density at radius 2 is 0.778 bits per heavy atom. The van der Waals surface area contributed by atoms with E-state index in [1.54, 1.807) is 0 Å². The smallest absolute Gasteiger partial charge is 0.136 e. The summed E-state index contributed by atoms with van der Waals surface area (Å²) in [5, 5.41) is 4.71. The Kier molecular flexibility index (Phi) is 7.85. The number of nitrogens with zero attached hydrogens (tertiary/aromatic N) is 1. The van der Waals surface area contributed by atoms with Gasteiger partial charge in [0.05, 0.1) is 0 Å². The average molecular weight is 690 g/mol. The molecular weight excluding hydrogens is 655 g/mol. The predicted molar refractivity (Wildman–Crippen MR) is 228 cm³/mol. The van der Waals surface area contributed by atoms with Crippen molar-refractivity contribution in [2.45, 2.75) is 0 Å². The Balaban J connectivity index is 1.02. The molecule has 1 heterocycles. The molecule has 0 fully saturated rings. The quantitative estimate of drug-likeness (QED) is 0.166. The predicted octanol–water partition coefficient (Wildman–Crippen LogP) is 14.9. The van der Waals surface area contributed by atoms with Gasteiger partial charge in [-0.15, -0.1) is 0 Å². The number of benzene rings is 9. The summed E-state index contributed by atoms with van der Waals surface area (Å²) in [5.74, 6) is 0. The molecule has 0 aliphatic heterocycles. The van der Waals surface area contributed by atoms with E-state index in [4.69, 9.17) is 4.42 Å². The zero-order valence-electron chi connectivity index (χ0n) is 29.6. The maximum atomic E-state index is 6.35. The van der Waals surface area contributed by atoms with Gasteiger partial charge in [0.1, 0.15) is 11.2 Å². The largest absolute Gasteiger partial charge is 0.456 e. The van der Waals surface area contributed by atoms with E-state index in [1.165, 1.54) is 44.2 Å². The molecule has 9 aromatic carbocycles. The fraction of sp³-hybridized carbons (Fsp3) is 0. The molecule has 2 heteroatoms. The highest BCUT2D eigenvalue weighted by Gasteiger charge is 2.17. The van der Waals surface area contributed by atoms with Gasteiger partial charge in [0.15, 0.2) is 0 Å². The molecular formula is C52H35NO. The van der Waals surface area contributed by atoms with Gasteiger partial charge in [0, 0.05) is 27.8 Å². The van der Waals surface area contributed by atoms with Crippen LogP contribution in [0.5, 0.6) is 0 Å². The number of rotatable bonds is 7. The zero-order valence-corrected chi connectivity index (χ0v) is 29.6. The van der Waals surface area contributed by atoms with Gasteiger partial charge < -0.3 is 9.32 Å². The average Bonchev–Trinajstić information content (AvgIpc) is 3.63. The highest BCUT2D eigenvalue weighted by Crippen LogP contribution is 2.42. The van der Waals surface area contributed by atoms with Gasteiger partial charge in [-0.3, -0.25) is 0 Å². The second kappa shape index (κ2) is 13.4. The molecule has 0 aliphatic carbocycles. The van der Waals surface area contributed by atoms with E-state index in [0.717, 1.165) is 50.1 Å². The van der Waals surface area contributed by atoms with Crippen LogP contribution < -0.4 is 4.90 Å². The summed E-state index contributed by atoms with van der Waals surface area (Å²) < 4.78 is 6.35. The van der Waals surface area contributed by atoms with Crippen LogP contribution >= 0.6 is 0 Å². The fourth-order valence-corrected chi connectivity index (χ4v) is 7.81. The SMILES string of the molecule is c1ccc(-c2ccc(-c3ccc(N(c4ccccc4)c4ccc(-c5ccc6ccccc6c5-c5ccc6c(c5)oc5ccccc56)cc4)cc3)cc2)cc1. The Labute approximate surface area is 314 Å². The normalized spacial score (nSPS) is 11.3. The fourth-order valence-electron chi connectivity index (χ4n) is 7.81. The van der Waals surface area contributed by atoms with Crippen LogP contribution in [-0.2, 0) is 0 Å². The molecule has 0 atom stereocenters. The molecule has 1 aromatic heterocycles. The molecule has 0 aliphatic rings. The van der Waals surface area contributed by atoms with Crippen LogP contribution in [0.4, 0.5) is 17.1 Å². The minimum atomic E-state index is 0.900. The Morgan fingerprint density at radius 3 is 1.46 bits per heavy atom. The van der Waals surface area contributed by atoms with Crippen LogP contribution in [0.1, 0.15) is 0 Å². The summed E-state index contributed by atoms with van der Waals surface area (Å²) in [5.41, 5.74) is 14.6. The van der Waals surface area contributed by atoms with Gasteiger partial charge in [-0.25, -0.2) is 0 Å². The molecule has 54 heavy (non-hydrogen) atoms. The van der Waals surface area contributed by atoms with Crippen LogP contribution in [0, 0.1) is 0 Å². The van der Waals surface area contributed by atoms with Crippen molar-refractivity contribution in [1.82, 2.24) is 0 Å². The Bertz CT molecular complexity index is 2890. The van der Waals surface area contributed by atoms with Gasteiger partial charge in [-0.1, -0.05) is 158 Å². The second-order valence-corrected chi connectivity index (χ2v) is 13.7. The van der Waals surface area contributed by atoms with E-state index in [1.807, 2.05) is 12.1 Å². The van der Waals surface area contributed by atoms with Crippen molar-refractivity contribution in [2.75, 3.05) is 4.90 Å². The molecule has 0 saturated carbocycles. The van der Waals surface area contributed by atoms with Crippen LogP contribution in [-0.4, -0.2) is 0 Å². The van der Waals surface area contributed by atoms with Crippen LogP contribution in [0.3, 0.4) is 0 Å². The highest BCUT2D eigenvalue weighted by atomic mass is 16.3. The number of fused-ring (bicyclic) bond motifs is 4. The summed E-state index contributed by atoms with van der Waals surface area (Å²) >= 11 is 0. The van der Waals surface area contributed by atoms with Gasteiger partial charge in [0.2, 0.25) is 0 Å². The minimum absolute atomic E-state index is 0.900. The second-order valence-electron chi connectivity index (χ2n) is 13.7. The summed E-state index contributed by atoms with van der Waals surface area (Å²) in [4.78, 5) is 2.32. The van der Waals surface area contributed by atoms with Gasteiger partial charge in [-0.2, -0.15) is 0 Å². The maximum absolute atomic E-state index is 6.35. The third-order valence-corrected chi connectivity index (χ3v) is 10.5. The standard InChI is InChI=1S/C52H35NO/c1-3-11-36(12-4-1)37-19-21-38(22-20-37)39-23-29-44(30-24-39)53(43-14-5-2-6-15-43)45-31-25-41(26-32-45)47-33-27-40-13-7-8-16-46(40)52(47)42-28-34-49-48-17-9-10-18-50(48)54-51(49)35-42/h1-35H. The van der Waals surface area contributed by atoms with Crippen LogP contribution in [0.15, 0.2) is 217 Å². The molecule has 0 radical (unpaired) electrons. The van der Waals surface area contributed by atoms with E-state index in [2.05, 4.69) is 205 Å². The number of para-hydroxylation sites is 2. The molecule has 0 unspecified atom stereocenters. The molecule has 0 N–H and O–H groups in total.